The van der Waals surface area contributed by atoms with Crippen LogP contribution in [0, 0.1) is 0 Å². The number of benzene rings is 2. The van der Waals surface area contributed by atoms with Gasteiger partial charge in [-0.3, -0.25) is 4.79 Å². The average Bonchev–Trinajstić information content (AvgIpc) is 2.66. The van der Waals surface area contributed by atoms with Crippen molar-refractivity contribution < 1.29 is 24.2 Å². The number of nitrogens with one attached hydrogen (secondary N) is 1. The number of carboxylic acid groups (broad SMARTS) is 1. The van der Waals surface area contributed by atoms with Gasteiger partial charge in [0.1, 0.15) is 11.9 Å². The standard InChI is InChI=1S/C20H23NO5/c1-14(26-13-15-6-4-3-5-7-15)19(22)21-11-10-16-8-9-17(20(23)24)12-18(16)25-2/h3-9,12,14H,10-11,13H2,1-2H3,(H,21,22)(H,23,24). The predicted octanol–water partition coefficient (Wildman–Crippen LogP) is 2.66. The molecule has 0 aliphatic rings. The molecule has 0 aliphatic carbocycles. The predicted molar refractivity (Wildman–Crippen MR) is 97.4 cm³/mol. The first-order valence-electron chi connectivity index (χ1n) is 8.34. The highest BCUT2D eigenvalue weighted by Gasteiger charge is 2.14. The van der Waals surface area contributed by atoms with E-state index in [1.54, 1.807) is 13.0 Å². The van der Waals surface area contributed by atoms with Crippen molar-refractivity contribution >= 4 is 11.9 Å². The second-order valence-electron chi connectivity index (χ2n) is 5.81. The first kappa shape index (κ1) is 19.5. The summed E-state index contributed by atoms with van der Waals surface area (Å²) in [5.74, 6) is -0.706. The van der Waals surface area contributed by atoms with Crippen molar-refractivity contribution in [3.63, 3.8) is 0 Å². The number of rotatable bonds is 9. The molecule has 0 aromatic heterocycles. The van der Waals surface area contributed by atoms with E-state index in [0.717, 1.165) is 11.1 Å². The quantitative estimate of drug-likeness (QED) is 0.721. The summed E-state index contributed by atoms with van der Waals surface area (Å²) < 4.78 is 10.8. The molecule has 0 bridgehead atoms. The maximum Gasteiger partial charge on any atom is 0.335 e. The van der Waals surface area contributed by atoms with Crippen LogP contribution < -0.4 is 10.1 Å². The van der Waals surface area contributed by atoms with Gasteiger partial charge in [-0.2, -0.15) is 0 Å². The number of carbonyl (C=O) groups excluding carboxylic acids is 1. The lowest BCUT2D eigenvalue weighted by atomic mass is 10.1. The Kier molecular flexibility index (Phi) is 7.17. The van der Waals surface area contributed by atoms with Crippen LogP contribution in [0.2, 0.25) is 0 Å². The Labute approximate surface area is 152 Å². The first-order valence-corrected chi connectivity index (χ1v) is 8.34. The fraction of sp³-hybridized carbons (Fsp3) is 0.300. The van der Waals surface area contributed by atoms with E-state index in [1.165, 1.54) is 19.2 Å². The van der Waals surface area contributed by atoms with Crippen LogP contribution in [0.15, 0.2) is 48.5 Å². The Morgan fingerprint density at radius 1 is 1.15 bits per heavy atom. The third-order valence-corrected chi connectivity index (χ3v) is 3.94. The monoisotopic (exact) mass is 357 g/mol. The molecule has 0 saturated heterocycles. The van der Waals surface area contributed by atoms with E-state index in [9.17, 15) is 9.59 Å². The zero-order valence-corrected chi connectivity index (χ0v) is 14.9. The number of methoxy groups -OCH3 is 1. The maximum absolute atomic E-state index is 12.1. The van der Waals surface area contributed by atoms with E-state index in [0.29, 0.717) is 25.3 Å². The zero-order chi connectivity index (χ0) is 18.9. The molecule has 0 spiro atoms. The summed E-state index contributed by atoms with van der Waals surface area (Å²) in [6, 6.07) is 14.4. The van der Waals surface area contributed by atoms with E-state index in [-0.39, 0.29) is 11.5 Å². The molecule has 6 nitrogen and oxygen atoms in total. The number of hydrogen-bond acceptors (Lipinski definition) is 4. The summed E-state index contributed by atoms with van der Waals surface area (Å²) in [7, 11) is 1.49. The molecule has 2 N–H and O–H groups in total. The van der Waals surface area contributed by atoms with E-state index in [1.807, 2.05) is 30.3 Å². The van der Waals surface area contributed by atoms with E-state index >= 15 is 0 Å². The topological polar surface area (TPSA) is 84.9 Å². The van der Waals surface area contributed by atoms with Crippen molar-refractivity contribution in [3.8, 4) is 5.75 Å². The van der Waals surface area contributed by atoms with Crippen molar-refractivity contribution in [2.75, 3.05) is 13.7 Å². The summed E-state index contributed by atoms with van der Waals surface area (Å²) in [5, 5.41) is 11.8. The van der Waals surface area contributed by atoms with Gasteiger partial charge in [0, 0.05) is 6.54 Å². The lowest BCUT2D eigenvalue weighted by molar-refractivity contribution is -0.132. The summed E-state index contributed by atoms with van der Waals surface area (Å²) in [6.45, 7) is 2.49. The molecule has 1 unspecified atom stereocenters. The zero-order valence-electron chi connectivity index (χ0n) is 14.9. The van der Waals surface area contributed by atoms with Gasteiger partial charge >= 0.3 is 5.97 Å². The molecule has 0 aliphatic heterocycles. The minimum absolute atomic E-state index is 0.164. The SMILES string of the molecule is COc1cc(C(=O)O)ccc1CCNC(=O)C(C)OCc1ccccc1. The molecule has 0 heterocycles. The van der Waals surface area contributed by atoms with Gasteiger partial charge < -0.3 is 19.9 Å². The Morgan fingerprint density at radius 3 is 2.54 bits per heavy atom. The van der Waals surface area contributed by atoms with E-state index in [4.69, 9.17) is 14.6 Å². The van der Waals surface area contributed by atoms with Gasteiger partial charge in [0.15, 0.2) is 0 Å². The molecular weight excluding hydrogens is 334 g/mol. The summed E-state index contributed by atoms with van der Waals surface area (Å²) in [5.41, 5.74) is 2.00. The third kappa shape index (κ3) is 5.60. The second-order valence-corrected chi connectivity index (χ2v) is 5.81. The molecule has 2 aromatic carbocycles. The van der Waals surface area contributed by atoms with Crippen LogP contribution in [0.5, 0.6) is 5.75 Å². The number of amides is 1. The number of carboxylic acids is 1. The highest BCUT2D eigenvalue weighted by molar-refractivity contribution is 5.88. The molecule has 2 aromatic rings. The minimum Gasteiger partial charge on any atom is -0.496 e. The lowest BCUT2D eigenvalue weighted by Crippen LogP contribution is -2.35. The summed E-state index contributed by atoms with van der Waals surface area (Å²) in [6.07, 6.45) is -0.0354. The van der Waals surface area contributed by atoms with Crippen LogP contribution in [0.1, 0.15) is 28.4 Å². The van der Waals surface area contributed by atoms with Crippen molar-refractivity contribution in [3.05, 3.63) is 65.2 Å². The number of ether oxygens (including phenoxy) is 2. The van der Waals surface area contributed by atoms with Gasteiger partial charge in [-0.1, -0.05) is 36.4 Å². The normalized spacial score (nSPS) is 11.6. The Hall–Kier alpha value is -2.86. The average molecular weight is 357 g/mol. The Balaban J connectivity index is 1.81. The van der Waals surface area contributed by atoms with Gasteiger partial charge in [0.2, 0.25) is 5.91 Å². The van der Waals surface area contributed by atoms with Crippen molar-refractivity contribution in [1.29, 1.82) is 0 Å². The fourth-order valence-corrected chi connectivity index (χ4v) is 2.42. The molecular formula is C20H23NO5. The largest absolute Gasteiger partial charge is 0.496 e. The molecule has 0 fully saturated rings. The van der Waals surface area contributed by atoms with E-state index < -0.39 is 12.1 Å². The molecule has 138 valence electrons. The Morgan fingerprint density at radius 2 is 1.88 bits per heavy atom. The molecule has 2 rings (SSSR count). The highest BCUT2D eigenvalue weighted by Crippen LogP contribution is 2.20. The highest BCUT2D eigenvalue weighted by atomic mass is 16.5. The van der Waals surface area contributed by atoms with Gasteiger partial charge in [-0.05, 0) is 36.6 Å². The first-order chi connectivity index (χ1) is 12.5. The summed E-state index contributed by atoms with van der Waals surface area (Å²) >= 11 is 0. The molecule has 6 heteroatoms. The molecule has 1 amide bonds. The van der Waals surface area contributed by atoms with Gasteiger partial charge in [0.05, 0.1) is 19.3 Å². The minimum atomic E-state index is -1.01. The molecule has 0 radical (unpaired) electrons. The number of hydrogen-bond donors (Lipinski definition) is 2. The van der Waals surface area contributed by atoms with Crippen LogP contribution >= 0.6 is 0 Å². The molecule has 1 atom stereocenters. The second kappa shape index (κ2) is 9.58. The van der Waals surface area contributed by atoms with Crippen LogP contribution in [-0.4, -0.2) is 36.7 Å². The smallest absolute Gasteiger partial charge is 0.335 e. The van der Waals surface area contributed by atoms with Gasteiger partial charge in [-0.25, -0.2) is 4.79 Å². The summed E-state index contributed by atoms with van der Waals surface area (Å²) in [4.78, 5) is 23.1. The molecule has 26 heavy (non-hydrogen) atoms. The van der Waals surface area contributed by atoms with Crippen LogP contribution in [0.3, 0.4) is 0 Å². The maximum atomic E-state index is 12.1. The van der Waals surface area contributed by atoms with Crippen LogP contribution in [-0.2, 0) is 22.6 Å². The molecule has 0 saturated carbocycles. The van der Waals surface area contributed by atoms with Crippen molar-refractivity contribution in [2.24, 2.45) is 0 Å². The van der Waals surface area contributed by atoms with E-state index in [2.05, 4.69) is 5.32 Å². The van der Waals surface area contributed by atoms with Crippen molar-refractivity contribution in [2.45, 2.75) is 26.1 Å². The van der Waals surface area contributed by atoms with Gasteiger partial charge in [0.25, 0.3) is 0 Å². The van der Waals surface area contributed by atoms with Crippen LogP contribution in [0.4, 0.5) is 0 Å². The third-order valence-electron chi connectivity index (χ3n) is 3.94. The number of aromatic carboxylic acids is 1. The Bertz CT molecular complexity index is 745. The van der Waals surface area contributed by atoms with Crippen molar-refractivity contribution in [1.82, 2.24) is 5.32 Å². The fourth-order valence-electron chi connectivity index (χ4n) is 2.42. The van der Waals surface area contributed by atoms with Gasteiger partial charge in [-0.15, -0.1) is 0 Å². The van der Waals surface area contributed by atoms with Crippen LogP contribution in [0.25, 0.3) is 0 Å². The number of carbonyl (C=O) groups is 2. The lowest BCUT2D eigenvalue weighted by Gasteiger charge is -2.14.